The van der Waals surface area contributed by atoms with Gasteiger partial charge >= 0.3 is 7.82 Å². The fourth-order valence-corrected chi connectivity index (χ4v) is 10.1. The first-order valence-electron chi connectivity index (χ1n) is 29.2. The molecule has 0 bridgehead atoms. The van der Waals surface area contributed by atoms with Crippen LogP contribution in [0.5, 0.6) is 0 Å². The highest BCUT2D eigenvalue weighted by Crippen LogP contribution is 2.43. The van der Waals surface area contributed by atoms with E-state index >= 15 is 0 Å². The van der Waals surface area contributed by atoms with Crippen LogP contribution >= 0.6 is 7.82 Å². The minimum atomic E-state index is -4.32. The van der Waals surface area contributed by atoms with E-state index in [4.69, 9.17) is 14.8 Å². The van der Waals surface area contributed by atoms with Crippen LogP contribution in [0.3, 0.4) is 0 Å². The quantitative estimate of drug-likeness (QED) is 0.0353. The molecule has 5 N–H and O–H groups in total. The Bertz CT molecular complexity index is 988. The molecule has 0 radical (unpaired) electrons. The standard InChI is InChI=1S/C56H115N2O6P/c1-3-5-7-9-11-13-15-17-19-20-21-22-23-24-25-26-27-28-29-30-31-32-33-34-35-36-38-40-42-44-46-48-50-56(60)58-54(53-64-65(61,62)63-52-51-57)55(59)49-47-45-43-41-39-37-18-16-14-12-10-8-6-4-2/h54-55,59H,3-53,57H2,1-2H3,(H,58,60)(H,61,62)/t54-,55+/m0/s1. The van der Waals surface area contributed by atoms with Gasteiger partial charge in [0.05, 0.1) is 25.4 Å². The molecule has 0 heterocycles. The largest absolute Gasteiger partial charge is 0.472 e. The second-order valence-corrected chi connectivity index (χ2v) is 21.7. The third-order valence-corrected chi connectivity index (χ3v) is 14.7. The smallest absolute Gasteiger partial charge is 0.391 e. The summed E-state index contributed by atoms with van der Waals surface area (Å²) in [6.07, 6.45) is 61.7. The summed E-state index contributed by atoms with van der Waals surface area (Å²) in [6, 6.07) is -0.769. The predicted molar refractivity (Wildman–Crippen MR) is 282 cm³/mol. The van der Waals surface area contributed by atoms with Crippen molar-refractivity contribution in [2.24, 2.45) is 5.73 Å². The van der Waals surface area contributed by atoms with Gasteiger partial charge in [-0.1, -0.05) is 303 Å². The number of carbonyl (C=O) groups is 1. The van der Waals surface area contributed by atoms with E-state index in [1.807, 2.05) is 0 Å². The lowest BCUT2D eigenvalue weighted by atomic mass is 10.0. The van der Waals surface area contributed by atoms with Crippen molar-refractivity contribution < 1.29 is 28.4 Å². The van der Waals surface area contributed by atoms with Crippen molar-refractivity contribution in [1.82, 2.24) is 5.32 Å². The Kier molecular flexibility index (Phi) is 52.5. The molecule has 8 nitrogen and oxygen atoms in total. The van der Waals surface area contributed by atoms with Crippen LogP contribution in [0.1, 0.15) is 322 Å². The number of phosphoric ester groups is 1. The van der Waals surface area contributed by atoms with Gasteiger partial charge in [-0.3, -0.25) is 13.8 Å². The Morgan fingerprint density at radius 2 is 0.708 bits per heavy atom. The average molecular weight is 944 g/mol. The summed E-state index contributed by atoms with van der Waals surface area (Å²) in [6.45, 7) is 4.26. The summed E-state index contributed by atoms with van der Waals surface area (Å²) < 4.78 is 22.3. The first-order valence-corrected chi connectivity index (χ1v) is 30.6. The number of hydrogen-bond acceptors (Lipinski definition) is 6. The number of nitrogens with one attached hydrogen (secondary N) is 1. The average Bonchev–Trinajstić information content (AvgIpc) is 3.30. The van der Waals surface area contributed by atoms with Gasteiger partial charge in [0.25, 0.3) is 0 Å². The number of aliphatic hydroxyl groups is 1. The topological polar surface area (TPSA) is 131 Å². The second-order valence-electron chi connectivity index (χ2n) is 20.2. The first kappa shape index (κ1) is 64.5. The van der Waals surface area contributed by atoms with E-state index < -0.39 is 20.0 Å². The first-order chi connectivity index (χ1) is 31.9. The predicted octanol–water partition coefficient (Wildman–Crippen LogP) is 17.7. The lowest BCUT2D eigenvalue weighted by Crippen LogP contribution is -2.46. The number of nitrogens with two attached hydrogens (primary N) is 1. The molecule has 1 unspecified atom stereocenters. The van der Waals surface area contributed by atoms with Crippen LogP contribution in [0.15, 0.2) is 0 Å². The molecule has 0 aliphatic carbocycles. The second kappa shape index (κ2) is 52.9. The summed E-state index contributed by atoms with van der Waals surface area (Å²) >= 11 is 0. The molecule has 390 valence electrons. The van der Waals surface area contributed by atoms with Gasteiger partial charge in [0.15, 0.2) is 0 Å². The Hall–Kier alpha value is -0.500. The fraction of sp³-hybridized carbons (Fsp3) is 0.982. The van der Waals surface area contributed by atoms with Crippen molar-refractivity contribution >= 4 is 13.7 Å². The van der Waals surface area contributed by atoms with Crippen molar-refractivity contribution in [1.29, 1.82) is 0 Å². The highest BCUT2D eigenvalue weighted by molar-refractivity contribution is 7.47. The number of carbonyl (C=O) groups excluding carboxylic acids is 1. The van der Waals surface area contributed by atoms with Crippen molar-refractivity contribution in [2.45, 2.75) is 334 Å². The van der Waals surface area contributed by atoms with Gasteiger partial charge in [0, 0.05) is 13.0 Å². The summed E-state index contributed by atoms with van der Waals surface area (Å²) in [4.78, 5) is 22.9. The molecule has 0 spiro atoms. The maximum Gasteiger partial charge on any atom is 0.472 e. The van der Waals surface area contributed by atoms with Gasteiger partial charge in [-0.2, -0.15) is 0 Å². The molecule has 9 heteroatoms. The van der Waals surface area contributed by atoms with Crippen LogP contribution in [0.2, 0.25) is 0 Å². The van der Waals surface area contributed by atoms with E-state index in [0.29, 0.717) is 12.8 Å². The molecule has 0 aliphatic heterocycles. The molecule has 0 rings (SSSR count). The minimum Gasteiger partial charge on any atom is -0.391 e. The number of unbranched alkanes of at least 4 members (excludes halogenated alkanes) is 44. The zero-order chi connectivity index (χ0) is 47.4. The zero-order valence-corrected chi connectivity index (χ0v) is 44.7. The summed E-state index contributed by atoms with van der Waals surface area (Å²) in [7, 11) is -4.32. The molecule has 0 aromatic carbocycles. The summed E-state index contributed by atoms with van der Waals surface area (Å²) in [5, 5.41) is 13.9. The van der Waals surface area contributed by atoms with Gasteiger partial charge < -0.3 is 21.1 Å². The molecular weight excluding hydrogens is 828 g/mol. The number of rotatable bonds is 56. The van der Waals surface area contributed by atoms with Gasteiger partial charge in [-0.15, -0.1) is 0 Å². The minimum absolute atomic E-state index is 0.0928. The molecule has 1 amide bonds. The summed E-state index contributed by atoms with van der Waals surface area (Å²) in [5.74, 6) is -0.153. The molecule has 0 fully saturated rings. The molecule has 0 saturated carbocycles. The lowest BCUT2D eigenvalue weighted by molar-refractivity contribution is -0.123. The molecule has 0 saturated heterocycles. The third-order valence-electron chi connectivity index (χ3n) is 13.7. The Morgan fingerprint density at radius 3 is 0.985 bits per heavy atom. The van der Waals surface area contributed by atoms with Gasteiger partial charge in [-0.25, -0.2) is 4.57 Å². The molecule has 0 aromatic rings. The maximum atomic E-state index is 12.9. The molecule has 0 aliphatic rings. The van der Waals surface area contributed by atoms with Crippen molar-refractivity contribution in [3.8, 4) is 0 Å². The summed E-state index contributed by atoms with van der Waals surface area (Å²) in [5.41, 5.74) is 5.41. The van der Waals surface area contributed by atoms with Crippen molar-refractivity contribution in [3.05, 3.63) is 0 Å². The lowest BCUT2D eigenvalue weighted by Gasteiger charge is -2.25. The van der Waals surface area contributed by atoms with E-state index in [2.05, 4.69) is 19.2 Å². The van der Waals surface area contributed by atoms with Crippen LogP contribution in [0.25, 0.3) is 0 Å². The number of hydrogen-bond donors (Lipinski definition) is 4. The van der Waals surface area contributed by atoms with Crippen molar-refractivity contribution in [2.75, 3.05) is 19.8 Å². The van der Waals surface area contributed by atoms with E-state index in [1.165, 1.54) is 257 Å². The third kappa shape index (κ3) is 51.2. The van der Waals surface area contributed by atoms with Crippen LogP contribution in [-0.4, -0.2) is 47.8 Å². The maximum absolute atomic E-state index is 12.9. The fourth-order valence-electron chi connectivity index (χ4n) is 9.32. The van der Waals surface area contributed by atoms with E-state index in [-0.39, 0.29) is 25.7 Å². The van der Waals surface area contributed by atoms with Crippen LogP contribution in [-0.2, 0) is 18.4 Å². The van der Waals surface area contributed by atoms with E-state index in [1.54, 1.807) is 0 Å². The van der Waals surface area contributed by atoms with Crippen LogP contribution in [0.4, 0.5) is 0 Å². The van der Waals surface area contributed by atoms with E-state index in [0.717, 1.165) is 38.5 Å². The van der Waals surface area contributed by atoms with Crippen molar-refractivity contribution in [3.63, 3.8) is 0 Å². The Balaban J connectivity index is 3.79. The normalized spacial score (nSPS) is 13.6. The number of phosphoric acid groups is 1. The Labute approximate surface area is 405 Å². The molecular formula is C56H115N2O6P. The van der Waals surface area contributed by atoms with Crippen LogP contribution in [0, 0.1) is 0 Å². The van der Waals surface area contributed by atoms with Gasteiger partial charge in [0.2, 0.25) is 5.91 Å². The molecule has 3 atom stereocenters. The van der Waals surface area contributed by atoms with E-state index in [9.17, 15) is 19.4 Å². The Morgan fingerprint density at radius 1 is 0.446 bits per heavy atom. The zero-order valence-electron chi connectivity index (χ0n) is 43.8. The van der Waals surface area contributed by atoms with Gasteiger partial charge in [-0.05, 0) is 12.8 Å². The van der Waals surface area contributed by atoms with Gasteiger partial charge in [0.1, 0.15) is 0 Å². The molecule has 65 heavy (non-hydrogen) atoms. The monoisotopic (exact) mass is 943 g/mol. The highest BCUT2D eigenvalue weighted by atomic mass is 31.2. The molecule has 0 aromatic heterocycles. The SMILES string of the molecule is CCCCCCCCCCCCCCCCCCCCCCCCCCCCCCCCCCC(=O)N[C@@H](COP(=O)(O)OCCN)[C@H](O)CCCCCCCCCCCCCCCC. The van der Waals surface area contributed by atoms with Crippen LogP contribution < -0.4 is 11.1 Å². The highest BCUT2D eigenvalue weighted by Gasteiger charge is 2.27. The number of amides is 1. The number of aliphatic hydroxyl groups excluding tert-OH is 1.